The van der Waals surface area contributed by atoms with Crippen LogP contribution in [-0.4, -0.2) is 31.3 Å². The lowest BCUT2D eigenvalue weighted by molar-refractivity contribution is -0.113. The third kappa shape index (κ3) is 2.26. The van der Waals surface area contributed by atoms with Gasteiger partial charge in [-0.3, -0.25) is 0 Å². The molecule has 0 amide bonds. The van der Waals surface area contributed by atoms with Gasteiger partial charge in [0.2, 0.25) is 0 Å². The largest absolute Gasteiger partial charge is 0.306 e. The summed E-state index contributed by atoms with van der Waals surface area (Å²) in [5.74, 6) is 0.575. The van der Waals surface area contributed by atoms with Gasteiger partial charge in [-0.05, 0) is 31.5 Å². The molecule has 15 heavy (non-hydrogen) atoms. The second-order valence-corrected chi connectivity index (χ2v) is 4.37. The summed E-state index contributed by atoms with van der Waals surface area (Å²) < 4.78 is 0. The molecule has 1 fully saturated rings. The molecule has 0 bridgehead atoms. The Bertz CT molecular complexity index is 323. The minimum Gasteiger partial charge on any atom is -0.306 e. The van der Waals surface area contributed by atoms with Crippen molar-refractivity contribution in [2.75, 3.05) is 20.1 Å². The molecule has 0 aromatic heterocycles. The third-order valence-corrected chi connectivity index (χ3v) is 3.26. The number of piperidine rings is 1. The van der Waals surface area contributed by atoms with E-state index in [1.807, 2.05) is 6.07 Å². The summed E-state index contributed by atoms with van der Waals surface area (Å²) in [5, 5.41) is 0. The second-order valence-electron chi connectivity index (χ2n) is 4.37. The molecule has 1 saturated heterocycles. The monoisotopic (exact) mass is 203 g/mol. The van der Waals surface area contributed by atoms with Crippen molar-refractivity contribution in [3.8, 4) is 0 Å². The Hall–Kier alpha value is -1.15. The van der Waals surface area contributed by atoms with Gasteiger partial charge in [-0.2, -0.15) is 0 Å². The van der Waals surface area contributed by atoms with Crippen LogP contribution in [0.5, 0.6) is 0 Å². The first-order valence-corrected chi connectivity index (χ1v) is 5.50. The smallest absolute Gasteiger partial charge is 0.124 e. The maximum absolute atomic E-state index is 11.1. The summed E-state index contributed by atoms with van der Waals surface area (Å²) in [7, 11) is 2.08. The van der Waals surface area contributed by atoms with E-state index < -0.39 is 0 Å². The topological polar surface area (TPSA) is 20.3 Å². The molecule has 2 atom stereocenters. The summed E-state index contributed by atoms with van der Waals surface area (Å²) >= 11 is 0. The number of hydrogen-bond donors (Lipinski definition) is 0. The highest BCUT2D eigenvalue weighted by atomic mass is 16.1. The Kier molecular flexibility index (Phi) is 3.17. The van der Waals surface area contributed by atoms with E-state index in [-0.39, 0.29) is 5.92 Å². The molecule has 0 spiro atoms. The van der Waals surface area contributed by atoms with Crippen LogP contribution in [0.25, 0.3) is 0 Å². The van der Waals surface area contributed by atoms with Crippen molar-refractivity contribution in [2.24, 2.45) is 5.92 Å². The maximum atomic E-state index is 11.1. The minimum atomic E-state index is 0.158. The maximum Gasteiger partial charge on any atom is 0.124 e. The van der Waals surface area contributed by atoms with Gasteiger partial charge in [0.1, 0.15) is 6.29 Å². The molecule has 0 saturated carbocycles. The molecule has 2 nitrogen and oxygen atoms in total. The van der Waals surface area contributed by atoms with Crippen molar-refractivity contribution in [1.82, 2.24) is 4.90 Å². The van der Waals surface area contributed by atoms with Gasteiger partial charge in [-0.1, -0.05) is 30.3 Å². The number of rotatable bonds is 2. The summed E-state index contributed by atoms with van der Waals surface area (Å²) in [6.07, 6.45) is 2.21. The standard InChI is InChI=1S/C13H17NO/c1-14-8-7-13(12(9-14)10-15)11-5-3-2-4-6-11/h2-6,10,12-13H,7-9H2,1H3. The predicted molar refractivity (Wildman–Crippen MR) is 60.9 cm³/mol. The van der Waals surface area contributed by atoms with Crippen LogP contribution in [0.1, 0.15) is 17.9 Å². The highest BCUT2D eigenvalue weighted by Crippen LogP contribution is 2.31. The number of benzene rings is 1. The van der Waals surface area contributed by atoms with E-state index in [4.69, 9.17) is 0 Å². The molecule has 1 aromatic carbocycles. The van der Waals surface area contributed by atoms with Gasteiger partial charge in [0.25, 0.3) is 0 Å². The Morgan fingerprint density at radius 2 is 2.07 bits per heavy atom. The van der Waals surface area contributed by atoms with Crippen LogP contribution in [0, 0.1) is 5.92 Å². The van der Waals surface area contributed by atoms with Crippen molar-refractivity contribution in [1.29, 1.82) is 0 Å². The fourth-order valence-corrected chi connectivity index (χ4v) is 2.40. The molecule has 80 valence electrons. The molecule has 1 aromatic rings. The van der Waals surface area contributed by atoms with E-state index in [0.717, 1.165) is 25.8 Å². The summed E-state index contributed by atoms with van der Waals surface area (Å²) in [6.45, 7) is 1.98. The van der Waals surface area contributed by atoms with Crippen molar-refractivity contribution in [2.45, 2.75) is 12.3 Å². The molecular weight excluding hydrogens is 186 g/mol. The number of carbonyl (C=O) groups excluding carboxylic acids is 1. The minimum absolute atomic E-state index is 0.158. The normalized spacial score (nSPS) is 27.5. The van der Waals surface area contributed by atoms with Crippen LogP contribution in [-0.2, 0) is 4.79 Å². The Morgan fingerprint density at radius 3 is 2.73 bits per heavy atom. The van der Waals surface area contributed by atoms with Crippen molar-refractivity contribution >= 4 is 6.29 Å². The Labute approximate surface area is 90.9 Å². The van der Waals surface area contributed by atoms with E-state index in [0.29, 0.717) is 5.92 Å². The highest BCUT2D eigenvalue weighted by molar-refractivity contribution is 5.56. The average Bonchev–Trinajstić information content (AvgIpc) is 2.30. The van der Waals surface area contributed by atoms with Crippen LogP contribution in [0.2, 0.25) is 0 Å². The number of hydrogen-bond acceptors (Lipinski definition) is 2. The third-order valence-electron chi connectivity index (χ3n) is 3.26. The van der Waals surface area contributed by atoms with E-state index in [1.165, 1.54) is 5.56 Å². The van der Waals surface area contributed by atoms with Gasteiger partial charge in [-0.25, -0.2) is 0 Å². The van der Waals surface area contributed by atoms with E-state index in [1.54, 1.807) is 0 Å². The number of aldehydes is 1. The van der Waals surface area contributed by atoms with Crippen molar-refractivity contribution < 1.29 is 4.79 Å². The van der Waals surface area contributed by atoms with Crippen molar-refractivity contribution in [3.05, 3.63) is 35.9 Å². The number of likely N-dealkylation sites (tertiary alicyclic amines) is 1. The molecule has 1 aliphatic heterocycles. The second kappa shape index (κ2) is 4.58. The van der Waals surface area contributed by atoms with Crippen LogP contribution in [0.15, 0.2) is 30.3 Å². The molecule has 2 heteroatoms. The fraction of sp³-hybridized carbons (Fsp3) is 0.462. The zero-order valence-corrected chi connectivity index (χ0v) is 9.10. The molecule has 0 aliphatic carbocycles. The Morgan fingerprint density at radius 1 is 1.33 bits per heavy atom. The van der Waals surface area contributed by atoms with E-state index in [2.05, 4.69) is 36.2 Å². The highest BCUT2D eigenvalue weighted by Gasteiger charge is 2.28. The van der Waals surface area contributed by atoms with Gasteiger partial charge < -0.3 is 9.69 Å². The predicted octanol–water partition coefficient (Wildman–Crippen LogP) is 1.92. The Balaban J connectivity index is 2.17. The van der Waals surface area contributed by atoms with E-state index >= 15 is 0 Å². The fourth-order valence-electron chi connectivity index (χ4n) is 2.40. The summed E-state index contributed by atoms with van der Waals surface area (Å²) in [5.41, 5.74) is 1.31. The first-order valence-electron chi connectivity index (χ1n) is 5.50. The van der Waals surface area contributed by atoms with Gasteiger partial charge in [0.05, 0.1) is 0 Å². The lowest BCUT2D eigenvalue weighted by Gasteiger charge is -2.34. The van der Waals surface area contributed by atoms with Crippen LogP contribution in [0.3, 0.4) is 0 Å². The molecule has 1 heterocycles. The molecule has 2 unspecified atom stereocenters. The molecule has 0 N–H and O–H groups in total. The first-order chi connectivity index (χ1) is 7.31. The summed E-state index contributed by atoms with van der Waals surface area (Å²) in [6, 6.07) is 10.4. The SMILES string of the molecule is CN1CCC(c2ccccc2)C(C=O)C1. The lowest BCUT2D eigenvalue weighted by atomic mass is 9.81. The average molecular weight is 203 g/mol. The molecule has 1 aliphatic rings. The molecular formula is C13H17NO. The van der Waals surface area contributed by atoms with Crippen LogP contribution in [0.4, 0.5) is 0 Å². The lowest BCUT2D eigenvalue weighted by Crippen LogP contribution is -2.37. The zero-order chi connectivity index (χ0) is 10.7. The number of nitrogens with zero attached hydrogens (tertiary/aromatic N) is 1. The quantitative estimate of drug-likeness (QED) is 0.684. The van der Waals surface area contributed by atoms with Crippen LogP contribution < -0.4 is 0 Å². The first kappa shape index (κ1) is 10.4. The van der Waals surface area contributed by atoms with E-state index in [9.17, 15) is 4.79 Å². The molecule has 0 radical (unpaired) electrons. The van der Waals surface area contributed by atoms with Gasteiger partial charge in [0, 0.05) is 12.5 Å². The zero-order valence-electron chi connectivity index (χ0n) is 9.10. The van der Waals surface area contributed by atoms with Gasteiger partial charge >= 0.3 is 0 Å². The molecule has 2 rings (SSSR count). The number of carbonyl (C=O) groups is 1. The van der Waals surface area contributed by atoms with Crippen LogP contribution >= 0.6 is 0 Å². The van der Waals surface area contributed by atoms with Crippen molar-refractivity contribution in [3.63, 3.8) is 0 Å². The summed E-state index contributed by atoms with van der Waals surface area (Å²) in [4.78, 5) is 13.3. The van der Waals surface area contributed by atoms with Gasteiger partial charge in [0.15, 0.2) is 0 Å². The van der Waals surface area contributed by atoms with Gasteiger partial charge in [-0.15, -0.1) is 0 Å².